The maximum Gasteiger partial charge on any atom is 0.129 e. The van der Waals surface area contributed by atoms with E-state index in [1.807, 2.05) is 37.1 Å². The average Bonchev–Trinajstić information content (AvgIpc) is 2.40. The van der Waals surface area contributed by atoms with Gasteiger partial charge in [0.1, 0.15) is 5.82 Å². The molecule has 0 saturated carbocycles. The number of aryl methyl sites for hydroxylation is 2. The van der Waals surface area contributed by atoms with Gasteiger partial charge < -0.3 is 4.90 Å². The van der Waals surface area contributed by atoms with Gasteiger partial charge in [0, 0.05) is 24.8 Å². The predicted molar refractivity (Wildman–Crippen MR) is 79.1 cm³/mol. The molecular formula is C17H17FN2. The fourth-order valence-corrected chi connectivity index (χ4v) is 2.32. The van der Waals surface area contributed by atoms with E-state index in [0.29, 0.717) is 17.7 Å². The van der Waals surface area contributed by atoms with Crippen LogP contribution < -0.4 is 4.90 Å². The second-order valence-electron chi connectivity index (χ2n) is 5.06. The van der Waals surface area contributed by atoms with Crippen molar-refractivity contribution in [1.29, 1.82) is 5.26 Å². The zero-order valence-corrected chi connectivity index (χ0v) is 11.9. The third-order valence-corrected chi connectivity index (χ3v) is 3.35. The Balaban J connectivity index is 2.23. The lowest BCUT2D eigenvalue weighted by molar-refractivity contribution is 0.607. The number of nitriles is 1. The molecule has 0 unspecified atom stereocenters. The predicted octanol–water partition coefficient (Wildman–Crippen LogP) is 3.95. The molecule has 3 heteroatoms. The monoisotopic (exact) mass is 268 g/mol. The fourth-order valence-electron chi connectivity index (χ4n) is 2.32. The van der Waals surface area contributed by atoms with E-state index >= 15 is 0 Å². The van der Waals surface area contributed by atoms with Gasteiger partial charge in [0.15, 0.2) is 0 Å². The average molecular weight is 268 g/mol. The molecule has 0 heterocycles. The lowest BCUT2D eigenvalue weighted by Crippen LogP contribution is -2.18. The SMILES string of the molecule is Cc1ccc(N(C)Cc2ccc(C#N)cc2F)c(C)c1. The van der Waals surface area contributed by atoms with Crippen molar-refractivity contribution in [2.75, 3.05) is 11.9 Å². The van der Waals surface area contributed by atoms with Crippen LogP contribution in [0, 0.1) is 31.0 Å². The summed E-state index contributed by atoms with van der Waals surface area (Å²) < 4.78 is 13.9. The van der Waals surface area contributed by atoms with Gasteiger partial charge in [-0.3, -0.25) is 0 Å². The Bertz CT molecular complexity index is 671. The van der Waals surface area contributed by atoms with Crippen LogP contribution in [0.3, 0.4) is 0 Å². The summed E-state index contributed by atoms with van der Waals surface area (Å²) in [6, 6.07) is 12.8. The Morgan fingerprint density at radius 3 is 2.50 bits per heavy atom. The molecule has 0 radical (unpaired) electrons. The summed E-state index contributed by atoms with van der Waals surface area (Å²) >= 11 is 0. The van der Waals surface area contributed by atoms with E-state index in [2.05, 4.69) is 13.0 Å². The molecule has 0 saturated heterocycles. The van der Waals surface area contributed by atoms with Crippen molar-refractivity contribution in [3.05, 3.63) is 64.5 Å². The molecule has 2 rings (SSSR count). The number of anilines is 1. The highest BCUT2D eigenvalue weighted by Crippen LogP contribution is 2.22. The van der Waals surface area contributed by atoms with Gasteiger partial charge in [-0.25, -0.2) is 4.39 Å². The fraction of sp³-hybridized carbons (Fsp3) is 0.235. The number of benzene rings is 2. The van der Waals surface area contributed by atoms with Crippen molar-refractivity contribution in [2.24, 2.45) is 0 Å². The zero-order valence-electron chi connectivity index (χ0n) is 11.9. The Kier molecular flexibility index (Phi) is 4.05. The molecule has 0 aliphatic rings. The molecule has 20 heavy (non-hydrogen) atoms. The summed E-state index contributed by atoms with van der Waals surface area (Å²) in [4.78, 5) is 2.01. The molecule has 2 aromatic rings. The van der Waals surface area contributed by atoms with Gasteiger partial charge in [0.2, 0.25) is 0 Å². The Hall–Kier alpha value is -2.34. The molecule has 0 aliphatic carbocycles. The highest BCUT2D eigenvalue weighted by atomic mass is 19.1. The molecule has 0 atom stereocenters. The first-order valence-corrected chi connectivity index (χ1v) is 6.48. The molecule has 0 spiro atoms. The molecule has 0 amide bonds. The lowest BCUT2D eigenvalue weighted by Gasteiger charge is -2.22. The lowest BCUT2D eigenvalue weighted by atomic mass is 10.1. The van der Waals surface area contributed by atoms with Gasteiger partial charge in [-0.2, -0.15) is 5.26 Å². The van der Waals surface area contributed by atoms with E-state index in [1.165, 1.54) is 17.2 Å². The van der Waals surface area contributed by atoms with Crippen LogP contribution >= 0.6 is 0 Å². The second-order valence-corrected chi connectivity index (χ2v) is 5.06. The van der Waals surface area contributed by atoms with Crippen LogP contribution in [0.4, 0.5) is 10.1 Å². The van der Waals surface area contributed by atoms with E-state index in [0.717, 1.165) is 5.69 Å². The molecule has 0 N–H and O–H groups in total. The van der Waals surface area contributed by atoms with E-state index in [1.54, 1.807) is 12.1 Å². The zero-order chi connectivity index (χ0) is 14.7. The quantitative estimate of drug-likeness (QED) is 0.842. The molecule has 0 fully saturated rings. The summed E-state index contributed by atoms with van der Waals surface area (Å²) in [6.07, 6.45) is 0. The maximum atomic E-state index is 13.9. The largest absolute Gasteiger partial charge is 0.370 e. The van der Waals surface area contributed by atoms with Gasteiger partial charge in [0.05, 0.1) is 11.6 Å². The van der Waals surface area contributed by atoms with Gasteiger partial charge in [-0.15, -0.1) is 0 Å². The number of hydrogen-bond acceptors (Lipinski definition) is 2. The van der Waals surface area contributed by atoms with Crippen molar-refractivity contribution in [3.63, 3.8) is 0 Å². The van der Waals surface area contributed by atoms with Crippen molar-refractivity contribution in [3.8, 4) is 6.07 Å². The summed E-state index contributed by atoms with van der Waals surface area (Å²) in [5.41, 5.74) is 4.40. The normalized spacial score (nSPS) is 10.2. The minimum Gasteiger partial charge on any atom is -0.370 e. The molecule has 2 nitrogen and oxygen atoms in total. The minimum atomic E-state index is -0.333. The van der Waals surface area contributed by atoms with Gasteiger partial charge in [-0.1, -0.05) is 23.8 Å². The first-order valence-electron chi connectivity index (χ1n) is 6.48. The van der Waals surface area contributed by atoms with E-state index in [9.17, 15) is 4.39 Å². The van der Waals surface area contributed by atoms with Crippen LogP contribution in [-0.2, 0) is 6.54 Å². The van der Waals surface area contributed by atoms with Gasteiger partial charge in [-0.05, 0) is 37.6 Å². The first kappa shape index (κ1) is 14.1. The van der Waals surface area contributed by atoms with E-state index < -0.39 is 0 Å². The Morgan fingerprint density at radius 1 is 1.15 bits per heavy atom. The Labute approximate surface area is 119 Å². The third-order valence-electron chi connectivity index (χ3n) is 3.35. The number of halogens is 1. The molecule has 102 valence electrons. The van der Waals surface area contributed by atoms with E-state index in [4.69, 9.17) is 5.26 Å². The summed E-state index contributed by atoms with van der Waals surface area (Å²) in [5.74, 6) is -0.333. The van der Waals surface area contributed by atoms with Crippen LogP contribution in [-0.4, -0.2) is 7.05 Å². The first-order chi connectivity index (χ1) is 9.51. The van der Waals surface area contributed by atoms with Crippen molar-refractivity contribution < 1.29 is 4.39 Å². The highest BCUT2D eigenvalue weighted by molar-refractivity contribution is 5.54. The molecular weight excluding hydrogens is 251 g/mol. The number of hydrogen-bond donors (Lipinski definition) is 0. The topological polar surface area (TPSA) is 27.0 Å². The van der Waals surface area contributed by atoms with Crippen LogP contribution in [0.5, 0.6) is 0 Å². The van der Waals surface area contributed by atoms with Crippen LogP contribution in [0.15, 0.2) is 36.4 Å². The van der Waals surface area contributed by atoms with Crippen molar-refractivity contribution >= 4 is 5.69 Å². The summed E-state index contributed by atoms with van der Waals surface area (Å²) in [5, 5.41) is 8.75. The van der Waals surface area contributed by atoms with Crippen molar-refractivity contribution in [1.82, 2.24) is 0 Å². The third kappa shape index (κ3) is 2.97. The van der Waals surface area contributed by atoms with Crippen molar-refractivity contribution in [2.45, 2.75) is 20.4 Å². The number of nitrogens with zero attached hydrogens (tertiary/aromatic N) is 2. The highest BCUT2D eigenvalue weighted by Gasteiger charge is 2.09. The summed E-state index contributed by atoms with van der Waals surface area (Å²) in [7, 11) is 1.94. The summed E-state index contributed by atoms with van der Waals surface area (Å²) in [6.45, 7) is 4.58. The smallest absolute Gasteiger partial charge is 0.129 e. The standard InChI is InChI=1S/C17H17FN2/c1-12-4-7-17(13(2)8-12)20(3)11-15-6-5-14(10-19)9-16(15)18/h4-9H,11H2,1-3H3. The van der Waals surface area contributed by atoms with E-state index in [-0.39, 0.29) is 5.82 Å². The second kappa shape index (κ2) is 5.75. The molecule has 0 bridgehead atoms. The minimum absolute atomic E-state index is 0.333. The van der Waals surface area contributed by atoms with Gasteiger partial charge >= 0.3 is 0 Å². The van der Waals surface area contributed by atoms with Crippen LogP contribution in [0.25, 0.3) is 0 Å². The molecule has 2 aromatic carbocycles. The van der Waals surface area contributed by atoms with Crippen LogP contribution in [0.1, 0.15) is 22.3 Å². The molecule has 0 aromatic heterocycles. The van der Waals surface area contributed by atoms with Crippen LogP contribution in [0.2, 0.25) is 0 Å². The molecule has 0 aliphatic heterocycles. The number of rotatable bonds is 3. The maximum absolute atomic E-state index is 13.9. The Morgan fingerprint density at radius 2 is 1.90 bits per heavy atom. The van der Waals surface area contributed by atoms with Gasteiger partial charge in [0.25, 0.3) is 0 Å².